The van der Waals surface area contributed by atoms with Crippen LogP contribution in [-0.4, -0.2) is 43.9 Å². The Morgan fingerprint density at radius 2 is 1.93 bits per heavy atom. The van der Waals surface area contributed by atoms with Gasteiger partial charge >= 0.3 is 0 Å². The number of ether oxygens (including phenoxy) is 2. The Morgan fingerprint density at radius 3 is 2.59 bits per heavy atom. The standard InChI is InChI=1S/C20H32N4O2.HI/c1-2-21-20(22-10-3-11-25-14-16-4-5-16)24-13-18-8-9-19(23-12-18)26-15-17-6-7-17;/h8-9,12,16-17H,2-7,10-11,13-15H2,1H3,(H2,21,22,24);1H. The zero-order chi connectivity index (χ0) is 18.0. The molecule has 0 radical (unpaired) electrons. The van der Waals surface area contributed by atoms with Gasteiger partial charge in [0.2, 0.25) is 5.88 Å². The Bertz CT molecular complexity index is 560. The summed E-state index contributed by atoms with van der Waals surface area (Å²) in [5.74, 6) is 3.12. The number of pyridine rings is 1. The number of guanidine groups is 1. The summed E-state index contributed by atoms with van der Waals surface area (Å²) in [6.45, 7) is 6.92. The molecule has 2 aliphatic rings. The fraction of sp³-hybridized carbons (Fsp3) is 0.700. The summed E-state index contributed by atoms with van der Waals surface area (Å²) in [6.07, 6.45) is 8.11. The van der Waals surface area contributed by atoms with Crippen LogP contribution in [0.4, 0.5) is 0 Å². The first-order valence-electron chi connectivity index (χ1n) is 10.0. The smallest absolute Gasteiger partial charge is 0.213 e. The largest absolute Gasteiger partial charge is 0.477 e. The van der Waals surface area contributed by atoms with Gasteiger partial charge in [-0.15, -0.1) is 24.0 Å². The van der Waals surface area contributed by atoms with Gasteiger partial charge < -0.3 is 20.1 Å². The van der Waals surface area contributed by atoms with E-state index in [1.54, 1.807) is 0 Å². The quantitative estimate of drug-likeness (QED) is 0.205. The van der Waals surface area contributed by atoms with Gasteiger partial charge in [-0.2, -0.15) is 0 Å². The SMILES string of the molecule is CCNC(=NCc1ccc(OCC2CC2)nc1)NCCCOCC1CC1.I. The van der Waals surface area contributed by atoms with Gasteiger partial charge in [0, 0.05) is 38.6 Å². The van der Waals surface area contributed by atoms with E-state index in [-0.39, 0.29) is 24.0 Å². The molecule has 0 unspecified atom stereocenters. The molecule has 1 aromatic heterocycles. The minimum Gasteiger partial charge on any atom is -0.477 e. The van der Waals surface area contributed by atoms with Crippen LogP contribution in [0.2, 0.25) is 0 Å². The molecule has 0 bridgehead atoms. The van der Waals surface area contributed by atoms with E-state index in [0.717, 1.165) is 62.7 Å². The van der Waals surface area contributed by atoms with Crippen molar-refractivity contribution in [3.8, 4) is 5.88 Å². The van der Waals surface area contributed by atoms with E-state index in [0.29, 0.717) is 12.4 Å². The molecule has 2 aliphatic carbocycles. The second-order valence-electron chi connectivity index (χ2n) is 7.25. The molecule has 0 aromatic carbocycles. The number of aliphatic imine (C=N–C) groups is 1. The molecular weight excluding hydrogens is 455 g/mol. The Hall–Kier alpha value is -1.09. The second-order valence-corrected chi connectivity index (χ2v) is 7.25. The zero-order valence-corrected chi connectivity index (χ0v) is 18.6. The van der Waals surface area contributed by atoms with Crippen molar-refractivity contribution >= 4 is 29.9 Å². The number of hydrogen-bond donors (Lipinski definition) is 2. The molecule has 152 valence electrons. The fourth-order valence-electron chi connectivity index (χ4n) is 2.51. The first-order valence-corrected chi connectivity index (χ1v) is 10.0. The van der Waals surface area contributed by atoms with E-state index in [9.17, 15) is 0 Å². The maximum absolute atomic E-state index is 5.67. The monoisotopic (exact) mass is 488 g/mol. The van der Waals surface area contributed by atoms with Crippen molar-refractivity contribution in [2.75, 3.05) is 32.9 Å². The molecule has 27 heavy (non-hydrogen) atoms. The van der Waals surface area contributed by atoms with Gasteiger partial charge in [-0.3, -0.25) is 0 Å². The van der Waals surface area contributed by atoms with Gasteiger partial charge in [0.05, 0.1) is 13.2 Å². The van der Waals surface area contributed by atoms with Gasteiger partial charge in [-0.1, -0.05) is 6.07 Å². The lowest BCUT2D eigenvalue weighted by Crippen LogP contribution is -2.38. The highest BCUT2D eigenvalue weighted by atomic mass is 127. The fourth-order valence-corrected chi connectivity index (χ4v) is 2.51. The summed E-state index contributed by atoms with van der Waals surface area (Å²) < 4.78 is 11.3. The van der Waals surface area contributed by atoms with Gasteiger partial charge in [0.15, 0.2) is 5.96 Å². The van der Waals surface area contributed by atoms with Crippen LogP contribution in [0.3, 0.4) is 0 Å². The molecule has 0 spiro atoms. The highest BCUT2D eigenvalue weighted by Gasteiger charge is 2.22. The van der Waals surface area contributed by atoms with Crippen molar-refractivity contribution in [3.05, 3.63) is 23.9 Å². The number of nitrogens with zero attached hydrogens (tertiary/aromatic N) is 2. The summed E-state index contributed by atoms with van der Waals surface area (Å²) in [4.78, 5) is 9.00. The van der Waals surface area contributed by atoms with Gasteiger partial charge in [-0.25, -0.2) is 9.98 Å². The summed E-state index contributed by atoms with van der Waals surface area (Å²) in [5, 5.41) is 6.64. The van der Waals surface area contributed by atoms with E-state index in [1.165, 1.54) is 25.7 Å². The van der Waals surface area contributed by atoms with E-state index >= 15 is 0 Å². The summed E-state index contributed by atoms with van der Waals surface area (Å²) in [7, 11) is 0. The first kappa shape index (κ1) is 22.2. The van der Waals surface area contributed by atoms with E-state index in [4.69, 9.17) is 9.47 Å². The molecule has 1 heterocycles. The molecule has 1 aromatic rings. The third-order valence-corrected chi connectivity index (χ3v) is 4.53. The number of hydrogen-bond acceptors (Lipinski definition) is 4. The predicted octanol–water partition coefficient (Wildman–Crippen LogP) is 3.36. The number of halogens is 1. The molecule has 6 nitrogen and oxygen atoms in total. The lowest BCUT2D eigenvalue weighted by Gasteiger charge is -2.11. The van der Waals surface area contributed by atoms with Crippen LogP contribution in [-0.2, 0) is 11.3 Å². The number of nitrogens with one attached hydrogen (secondary N) is 2. The highest BCUT2D eigenvalue weighted by Crippen LogP contribution is 2.29. The Labute approximate surface area is 179 Å². The van der Waals surface area contributed by atoms with Gasteiger partial charge in [0.25, 0.3) is 0 Å². The van der Waals surface area contributed by atoms with Crippen molar-refractivity contribution in [2.45, 2.75) is 45.6 Å². The molecule has 0 saturated heterocycles. The van der Waals surface area contributed by atoms with Crippen molar-refractivity contribution in [2.24, 2.45) is 16.8 Å². The first-order chi connectivity index (χ1) is 12.8. The van der Waals surface area contributed by atoms with Crippen molar-refractivity contribution in [1.29, 1.82) is 0 Å². The van der Waals surface area contributed by atoms with Crippen LogP contribution in [0.15, 0.2) is 23.3 Å². The van der Waals surface area contributed by atoms with E-state index < -0.39 is 0 Å². The number of aromatic nitrogens is 1. The molecule has 0 aliphatic heterocycles. The average molecular weight is 488 g/mol. The molecule has 2 fully saturated rings. The molecule has 2 N–H and O–H groups in total. The van der Waals surface area contributed by atoms with Gasteiger partial charge in [-0.05, 0) is 56.4 Å². The highest BCUT2D eigenvalue weighted by molar-refractivity contribution is 14.0. The van der Waals surface area contributed by atoms with Crippen LogP contribution in [0, 0.1) is 11.8 Å². The minimum absolute atomic E-state index is 0. The molecular formula is C20H33IN4O2. The van der Waals surface area contributed by atoms with Crippen LogP contribution in [0.5, 0.6) is 5.88 Å². The summed E-state index contributed by atoms with van der Waals surface area (Å²) >= 11 is 0. The molecule has 2 saturated carbocycles. The Kier molecular flexibility index (Phi) is 10.2. The summed E-state index contributed by atoms with van der Waals surface area (Å²) in [5.41, 5.74) is 1.08. The minimum atomic E-state index is 0. The average Bonchev–Trinajstić information content (AvgIpc) is 3.56. The second kappa shape index (κ2) is 12.4. The van der Waals surface area contributed by atoms with Crippen LogP contribution < -0.4 is 15.4 Å². The third kappa shape index (κ3) is 9.60. The van der Waals surface area contributed by atoms with E-state index in [1.807, 2.05) is 18.3 Å². The van der Waals surface area contributed by atoms with Crippen LogP contribution in [0.1, 0.15) is 44.6 Å². The maximum atomic E-state index is 5.67. The normalized spacial score (nSPS) is 16.6. The predicted molar refractivity (Wildman–Crippen MR) is 119 cm³/mol. The van der Waals surface area contributed by atoms with Gasteiger partial charge in [0.1, 0.15) is 0 Å². The number of rotatable bonds is 12. The Morgan fingerprint density at radius 1 is 1.15 bits per heavy atom. The Balaban J connectivity index is 0.00000261. The maximum Gasteiger partial charge on any atom is 0.213 e. The van der Waals surface area contributed by atoms with Crippen molar-refractivity contribution < 1.29 is 9.47 Å². The summed E-state index contributed by atoms with van der Waals surface area (Å²) in [6, 6.07) is 3.97. The lowest BCUT2D eigenvalue weighted by atomic mass is 10.3. The zero-order valence-electron chi connectivity index (χ0n) is 16.3. The lowest BCUT2D eigenvalue weighted by molar-refractivity contribution is 0.123. The molecule has 0 amide bonds. The van der Waals surface area contributed by atoms with Crippen LogP contribution >= 0.6 is 24.0 Å². The molecule has 7 heteroatoms. The van der Waals surface area contributed by atoms with Crippen LogP contribution in [0.25, 0.3) is 0 Å². The molecule has 0 atom stereocenters. The third-order valence-electron chi connectivity index (χ3n) is 4.53. The van der Waals surface area contributed by atoms with Crippen molar-refractivity contribution in [3.63, 3.8) is 0 Å². The van der Waals surface area contributed by atoms with E-state index in [2.05, 4.69) is 27.5 Å². The topological polar surface area (TPSA) is 67.8 Å². The van der Waals surface area contributed by atoms with Crippen molar-refractivity contribution in [1.82, 2.24) is 15.6 Å². The molecule has 3 rings (SSSR count).